The highest BCUT2D eigenvalue weighted by Crippen LogP contribution is 2.31. The first-order valence-electron chi connectivity index (χ1n) is 5.55. The van der Waals surface area contributed by atoms with Crippen LogP contribution in [0.2, 0.25) is 5.02 Å². The molecule has 0 radical (unpaired) electrons. The lowest BCUT2D eigenvalue weighted by Gasteiger charge is -2.24. The molecule has 0 bridgehead atoms. The maximum atomic E-state index is 10.3. The Morgan fingerprint density at radius 3 is 2.53 bits per heavy atom. The number of rotatable bonds is 5. The standard InChI is InChI=1S/C13H19ClO/c1-3-4-7-10-13(2,15)11-8-5-6-9-12(11)14/h5-6,8-9,15H,3-4,7,10H2,1-2H3. The van der Waals surface area contributed by atoms with Crippen molar-refractivity contribution in [3.63, 3.8) is 0 Å². The summed E-state index contributed by atoms with van der Waals surface area (Å²) in [5.74, 6) is 0. The van der Waals surface area contributed by atoms with Crippen molar-refractivity contribution >= 4 is 11.6 Å². The smallest absolute Gasteiger partial charge is 0.0882 e. The molecule has 1 aromatic rings. The third kappa shape index (κ3) is 3.51. The Bertz CT molecular complexity index is 307. The van der Waals surface area contributed by atoms with Gasteiger partial charge >= 0.3 is 0 Å². The van der Waals surface area contributed by atoms with E-state index in [0.717, 1.165) is 24.8 Å². The zero-order valence-corrected chi connectivity index (χ0v) is 10.2. The summed E-state index contributed by atoms with van der Waals surface area (Å²) in [4.78, 5) is 0. The van der Waals surface area contributed by atoms with E-state index in [1.165, 1.54) is 6.42 Å². The van der Waals surface area contributed by atoms with E-state index >= 15 is 0 Å². The topological polar surface area (TPSA) is 20.2 Å². The van der Waals surface area contributed by atoms with Gasteiger partial charge in [0.05, 0.1) is 5.60 Å². The highest BCUT2D eigenvalue weighted by atomic mass is 35.5. The lowest BCUT2D eigenvalue weighted by molar-refractivity contribution is 0.0451. The van der Waals surface area contributed by atoms with Gasteiger partial charge in [0.15, 0.2) is 0 Å². The Hall–Kier alpha value is -0.530. The van der Waals surface area contributed by atoms with E-state index in [0.29, 0.717) is 5.02 Å². The van der Waals surface area contributed by atoms with Crippen LogP contribution in [0.3, 0.4) is 0 Å². The highest BCUT2D eigenvalue weighted by Gasteiger charge is 2.24. The minimum Gasteiger partial charge on any atom is -0.385 e. The van der Waals surface area contributed by atoms with Crippen molar-refractivity contribution in [1.82, 2.24) is 0 Å². The third-order valence-corrected chi connectivity index (χ3v) is 3.05. The van der Waals surface area contributed by atoms with Crippen LogP contribution in [-0.4, -0.2) is 5.11 Å². The lowest BCUT2D eigenvalue weighted by atomic mass is 9.90. The van der Waals surface area contributed by atoms with Crippen molar-refractivity contribution in [2.24, 2.45) is 0 Å². The van der Waals surface area contributed by atoms with Gasteiger partial charge in [-0.1, -0.05) is 56.0 Å². The molecule has 1 nitrogen and oxygen atoms in total. The zero-order chi connectivity index (χ0) is 11.3. The first-order chi connectivity index (χ1) is 7.08. The second-order valence-corrected chi connectivity index (χ2v) is 4.62. The lowest BCUT2D eigenvalue weighted by Crippen LogP contribution is -2.21. The fourth-order valence-electron chi connectivity index (χ4n) is 1.75. The van der Waals surface area contributed by atoms with Crippen LogP contribution in [0.15, 0.2) is 24.3 Å². The molecule has 0 saturated heterocycles. The number of benzene rings is 1. The average molecular weight is 227 g/mol. The quantitative estimate of drug-likeness (QED) is 0.749. The second-order valence-electron chi connectivity index (χ2n) is 4.21. The minimum atomic E-state index is -0.798. The van der Waals surface area contributed by atoms with Crippen molar-refractivity contribution in [2.45, 2.75) is 45.1 Å². The summed E-state index contributed by atoms with van der Waals surface area (Å²) in [6.07, 6.45) is 4.12. The number of halogens is 1. The molecular formula is C13H19ClO. The molecule has 1 N–H and O–H groups in total. The van der Waals surface area contributed by atoms with Crippen molar-refractivity contribution < 1.29 is 5.11 Å². The molecular weight excluding hydrogens is 208 g/mol. The van der Waals surface area contributed by atoms with Gasteiger partial charge in [0, 0.05) is 10.6 Å². The Morgan fingerprint density at radius 1 is 1.27 bits per heavy atom. The molecule has 0 aliphatic rings. The minimum absolute atomic E-state index is 0.652. The number of hydrogen-bond acceptors (Lipinski definition) is 1. The molecule has 0 fully saturated rings. The molecule has 2 heteroatoms. The Morgan fingerprint density at radius 2 is 1.93 bits per heavy atom. The summed E-state index contributed by atoms with van der Waals surface area (Å²) in [7, 11) is 0. The molecule has 0 amide bonds. The first-order valence-corrected chi connectivity index (χ1v) is 5.93. The molecule has 15 heavy (non-hydrogen) atoms. The van der Waals surface area contributed by atoms with Gasteiger partial charge in [-0.3, -0.25) is 0 Å². The number of aliphatic hydroxyl groups is 1. The van der Waals surface area contributed by atoms with Gasteiger partial charge in [0.25, 0.3) is 0 Å². The monoisotopic (exact) mass is 226 g/mol. The van der Waals surface area contributed by atoms with E-state index in [4.69, 9.17) is 11.6 Å². The van der Waals surface area contributed by atoms with Crippen LogP contribution in [-0.2, 0) is 5.60 Å². The summed E-state index contributed by atoms with van der Waals surface area (Å²) in [5, 5.41) is 11.0. The zero-order valence-electron chi connectivity index (χ0n) is 9.46. The van der Waals surface area contributed by atoms with Crippen LogP contribution >= 0.6 is 11.6 Å². The molecule has 1 unspecified atom stereocenters. The molecule has 0 aromatic heterocycles. The van der Waals surface area contributed by atoms with Gasteiger partial charge in [-0.25, -0.2) is 0 Å². The van der Waals surface area contributed by atoms with Crippen molar-refractivity contribution in [3.8, 4) is 0 Å². The number of hydrogen-bond donors (Lipinski definition) is 1. The summed E-state index contributed by atoms with van der Waals surface area (Å²) in [5.41, 5.74) is 0.0378. The van der Waals surface area contributed by atoms with Crippen LogP contribution in [0.1, 0.15) is 45.1 Å². The van der Waals surface area contributed by atoms with E-state index in [1.54, 1.807) is 0 Å². The van der Waals surface area contributed by atoms with Crippen LogP contribution in [0.4, 0.5) is 0 Å². The maximum absolute atomic E-state index is 10.3. The van der Waals surface area contributed by atoms with E-state index in [2.05, 4.69) is 6.92 Å². The summed E-state index contributed by atoms with van der Waals surface area (Å²) < 4.78 is 0. The van der Waals surface area contributed by atoms with E-state index in [9.17, 15) is 5.11 Å². The molecule has 0 aliphatic carbocycles. The van der Waals surface area contributed by atoms with Gasteiger partial charge in [-0.05, 0) is 19.4 Å². The van der Waals surface area contributed by atoms with Crippen LogP contribution in [0.25, 0.3) is 0 Å². The summed E-state index contributed by atoms with van der Waals surface area (Å²) in [6, 6.07) is 7.52. The van der Waals surface area contributed by atoms with Gasteiger partial charge in [0.2, 0.25) is 0 Å². The summed E-state index contributed by atoms with van der Waals surface area (Å²) >= 11 is 6.06. The normalized spacial score (nSPS) is 14.9. The van der Waals surface area contributed by atoms with E-state index < -0.39 is 5.60 Å². The Balaban J connectivity index is 2.72. The van der Waals surface area contributed by atoms with Gasteiger partial charge in [0.1, 0.15) is 0 Å². The first kappa shape index (κ1) is 12.5. The Kier molecular flexibility index (Phi) is 4.62. The van der Waals surface area contributed by atoms with E-state index in [-0.39, 0.29) is 0 Å². The molecule has 0 aliphatic heterocycles. The fourth-order valence-corrected chi connectivity index (χ4v) is 2.09. The highest BCUT2D eigenvalue weighted by molar-refractivity contribution is 6.31. The molecule has 0 saturated carbocycles. The van der Waals surface area contributed by atoms with Gasteiger partial charge < -0.3 is 5.11 Å². The van der Waals surface area contributed by atoms with Gasteiger partial charge in [-0.2, -0.15) is 0 Å². The van der Waals surface area contributed by atoms with Crippen LogP contribution in [0.5, 0.6) is 0 Å². The second kappa shape index (κ2) is 5.53. The maximum Gasteiger partial charge on any atom is 0.0882 e. The third-order valence-electron chi connectivity index (χ3n) is 2.72. The SMILES string of the molecule is CCCCCC(C)(O)c1ccccc1Cl. The molecule has 1 atom stereocenters. The molecule has 0 heterocycles. The van der Waals surface area contributed by atoms with Crippen LogP contribution in [0, 0.1) is 0 Å². The molecule has 1 aromatic carbocycles. The predicted octanol–water partition coefficient (Wildman–Crippen LogP) is 4.13. The Labute approximate surface area is 97.1 Å². The van der Waals surface area contributed by atoms with Crippen molar-refractivity contribution in [2.75, 3.05) is 0 Å². The number of unbranched alkanes of at least 4 members (excludes halogenated alkanes) is 2. The molecule has 0 spiro atoms. The predicted molar refractivity (Wildman–Crippen MR) is 65.2 cm³/mol. The van der Waals surface area contributed by atoms with Crippen molar-refractivity contribution in [3.05, 3.63) is 34.9 Å². The average Bonchev–Trinajstić information content (AvgIpc) is 2.18. The van der Waals surface area contributed by atoms with Gasteiger partial charge in [-0.15, -0.1) is 0 Å². The largest absolute Gasteiger partial charge is 0.385 e. The van der Waals surface area contributed by atoms with Crippen LogP contribution < -0.4 is 0 Å². The fraction of sp³-hybridized carbons (Fsp3) is 0.538. The van der Waals surface area contributed by atoms with Crippen molar-refractivity contribution in [1.29, 1.82) is 0 Å². The summed E-state index contributed by atoms with van der Waals surface area (Å²) in [6.45, 7) is 3.99. The molecule has 84 valence electrons. The van der Waals surface area contributed by atoms with E-state index in [1.807, 2.05) is 31.2 Å². The molecule has 1 rings (SSSR count).